The molecule has 330 valence electrons. The van der Waals surface area contributed by atoms with E-state index in [0.29, 0.717) is 47.9 Å². The molecule has 4 N–H and O–H groups in total. The van der Waals surface area contributed by atoms with Crippen molar-refractivity contribution in [1.29, 1.82) is 0 Å². The number of carbonyl (C=O) groups is 7. The van der Waals surface area contributed by atoms with Gasteiger partial charge in [0, 0.05) is 36.6 Å². The van der Waals surface area contributed by atoms with E-state index in [2.05, 4.69) is 21.3 Å². The van der Waals surface area contributed by atoms with Gasteiger partial charge < -0.3 is 30.2 Å². The lowest BCUT2D eigenvalue weighted by Gasteiger charge is -2.31. The molecular weight excluding hydrogens is 855 g/mol. The first-order valence-electron chi connectivity index (χ1n) is 20.2. The number of methoxy groups -OCH3 is 1. The number of nitrogens with zero attached hydrogens (tertiary/aromatic N) is 2. The topological polar surface area (TPSA) is 202 Å². The second-order valence-electron chi connectivity index (χ2n) is 14.4. The van der Waals surface area contributed by atoms with Crippen molar-refractivity contribution in [2.75, 3.05) is 68.0 Å². The molecule has 1 saturated heterocycles. The third kappa shape index (κ3) is 11.6. The number of ether oxygens (including phenoxy) is 3. The minimum Gasteiger partial charge on any atom is -0.495 e. The predicted molar refractivity (Wildman–Crippen MR) is 235 cm³/mol. The van der Waals surface area contributed by atoms with Gasteiger partial charge in [-0.1, -0.05) is 60.1 Å². The first kappa shape index (κ1) is 46.2. The number of alkyl halides is 1. The highest BCUT2D eigenvalue weighted by Gasteiger charge is 2.45. The van der Waals surface area contributed by atoms with Crippen LogP contribution >= 0.6 is 23.2 Å². The molecule has 2 heterocycles. The van der Waals surface area contributed by atoms with Crippen LogP contribution in [0.15, 0.2) is 91.0 Å². The number of benzene rings is 4. The Morgan fingerprint density at radius 1 is 0.873 bits per heavy atom. The fourth-order valence-electron chi connectivity index (χ4n) is 7.17. The summed E-state index contributed by atoms with van der Waals surface area (Å²) in [5, 5.41) is 11.3. The first-order chi connectivity index (χ1) is 30.5. The van der Waals surface area contributed by atoms with E-state index in [1.54, 1.807) is 48.5 Å². The largest absolute Gasteiger partial charge is 0.495 e. The van der Waals surface area contributed by atoms with Crippen LogP contribution in [0.4, 0.5) is 17.1 Å². The summed E-state index contributed by atoms with van der Waals surface area (Å²) >= 11 is 12.5. The number of nitrogens with one attached hydrogen (secondary N) is 4. The maximum absolute atomic E-state index is 13.9. The third-order valence-corrected chi connectivity index (χ3v) is 10.8. The molecule has 2 unspecified atom stereocenters. The molecule has 4 aromatic carbocycles. The summed E-state index contributed by atoms with van der Waals surface area (Å²) in [6.07, 6.45) is 0.715. The predicted octanol–water partition coefficient (Wildman–Crippen LogP) is 4.90. The second kappa shape index (κ2) is 22.2. The Morgan fingerprint density at radius 3 is 2.32 bits per heavy atom. The van der Waals surface area contributed by atoms with Gasteiger partial charge in [0.2, 0.25) is 29.5 Å². The van der Waals surface area contributed by atoms with Gasteiger partial charge in [0.25, 0.3) is 11.8 Å². The van der Waals surface area contributed by atoms with Crippen molar-refractivity contribution < 1.29 is 47.8 Å². The van der Waals surface area contributed by atoms with E-state index < -0.39 is 53.4 Å². The van der Waals surface area contributed by atoms with Gasteiger partial charge in [-0.05, 0) is 66.4 Å². The SMILES string of the molecule is COc1ccc(N(C(=O)CCl)C(C(=O)NCCc2ccccc2)c2ccc(NC(=O)CCOCCOCCNc3cccc4c3C(=O)N(C3CCC(=O)NC3=O)C4=O)cc2)cc1Cl. The van der Waals surface area contributed by atoms with Gasteiger partial charge in [0.05, 0.1) is 56.1 Å². The van der Waals surface area contributed by atoms with Crippen molar-refractivity contribution in [1.82, 2.24) is 15.5 Å². The van der Waals surface area contributed by atoms with Crippen LogP contribution in [0, 0.1) is 0 Å². The highest BCUT2D eigenvalue weighted by Crippen LogP contribution is 2.35. The number of imide groups is 2. The van der Waals surface area contributed by atoms with E-state index >= 15 is 0 Å². The average molecular weight is 902 g/mol. The lowest BCUT2D eigenvalue weighted by Crippen LogP contribution is -2.54. The van der Waals surface area contributed by atoms with Crippen LogP contribution in [0.25, 0.3) is 0 Å². The van der Waals surface area contributed by atoms with Crippen molar-refractivity contribution in [2.24, 2.45) is 0 Å². The monoisotopic (exact) mass is 900 g/mol. The standard InChI is InChI=1S/C45H46Cl2N6O10/c1-61-36-16-14-31(26-33(36)47)52(39(56)27-46)41(43(58)49-20-18-28-6-3-2-4-7-28)29-10-12-30(13-11-29)50-38(55)19-22-62-24-25-63-23-21-48-34-9-5-8-32-40(34)45(60)53(44(32)59)35-15-17-37(54)51-42(35)57/h2-14,16,26,35,41,48H,15,17-25,27H2,1H3,(H,49,58)(H,50,55)(H,51,54,57). The van der Waals surface area contributed by atoms with Crippen LogP contribution in [0.3, 0.4) is 0 Å². The van der Waals surface area contributed by atoms with Gasteiger partial charge in [-0.2, -0.15) is 0 Å². The molecule has 1 fully saturated rings. The summed E-state index contributed by atoms with van der Waals surface area (Å²) in [6.45, 7) is 1.41. The molecule has 0 aromatic heterocycles. The van der Waals surface area contributed by atoms with Gasteiger partial charge in [-0.15, -0.1) is 11.6 Å². The molecule has 0 spiro atoms. The van der Waals surface area contributed by atoms with Gasteiger partial charge >= 0.3 is 0 Å². The lowest BCUT2D eigenvalue weighted by molar-refractivity contribution is -0.136. The molecular formula is C45H46Cl2N6O10. The quantitative estimate of drug-likeness (QED) is 0.0504. The highest BCUT2D eigenvalue weighted by molar-refractivity contribution is 6.33. The molecule has 7 amide bonds. The minimum atomic E-state index is -1.14. The zero-order chi connectivity index (χ0) is 44.9. The van der Waals surface area contributed by atoms with Crippen molar-refractivity contribution in [3.63, 3.8) is 0 Å². The Bertz CT molecular complexity index is 2330. The molecule has 0 radical (unpaired) electrons. The highest BCUT2D eigenvalue weighted by atomic mass is 35.5. The van der Waals surface area contributed by atoms with Crippen molar-refractivity contribution in [3.05, 3.63) is 118 Å². The summed E-state index contributed by atoms with van der Waals surface area (Å²) in [4.78, 5) is 92.6. The van der Waals surface area contributed by atoms with Crippen LogP contribution in [-0.4, -0.2) is 105 Å². The Balaban J connectivity index is 0.962. The number of carbonyl (C=O) groups excluding carboxylic acids is 7. The van der Waals surface area contributed by atoms with Gasteiger partial charge in [-0.25, -0.2) is 0 Å². The van der Waals surface area contributed by atoms with E-state index in [1.807, 2.05) is 30.3 Å². The molecule has 63 heavy (non-hydrogen) atoms. The Kier molecular flexibility index (Phi) is 16.2. The normalized spacial score (nSPS) is 15.0. The molecule has 0 saturated carbocycles. The fraction of sp³-hybridized carbons (Fsp3) is 0.311. The molecule has 16 nitrogen and oxygen atoms in total. The number of rotatable bonds is 21. The van der Waals surface area contributed by atoms with Crippen molar-refractivity contribution >= 4 is 81.6 Å². The Morgan fingerprint density at radius 2 is 1.62 bits per heavy atom. The number of piperidine rings is 1. The molecule has 0 aliphatic carbocycles. The Hall–Kier alpha value is -6.33. The number of amides is 7. The summed E-state index contributed by atoms with van der Waals surface area (Å²) in [5.41, 5.74) is 3.04. The molecule has 4 aromatic rings. The molecule has 18 heteroatoms. The summed E-state index contributed by atoms with van der Waals surface area (Å²) in [6, 6.07) is 23.6. The van der Waals surface area contributed by atoms with Crippen LogP contribution in [0.5, 0.6) is 5.75 Å². The average Bonchev–Trinajstić information content (AvgIpc) is 3.54. The zero-order valence-electron chi connectivity index (χ0n) is 34.3. The Labute approximate surface area is 373 Å². The summed E-state index contributed by atoms with van der Waals surface area (Å²) in [5.74, 6) is -3.62. The van der Waals surface area contributed by atoms with Gasteiger partial charge in [-0.3, -0.25) is 48.7 Å². The molecule has 2 aliphatic rings. The van der Waals surface area contributed by atoms with Gasteiger partial charge in [0.15, 0.2) is 0 Å². The van der Waals surface area contributed by atoms with Crippen LogP contribution in [0.2, 0.25) is 5.02 Å². The molecule has 6 rings (SSSR count). The van der Waals surface area contributed by atoms with Crippen LogP contribution in [-0.2, 0) is 39.9 Å². The van der Waals surface area contributed by atoms with Crippen LogP contribution in [0.1, 0.15) is 57.1 Å². The number of halogens is 2. The minimum absolute atomic E-state index is 0.0316. The van der Waals surface area contributed by atoms with Crippen molar-refractivity contribution in [2.45, 2.75) is 37.8 Å². The van der Waals surface area contributed by atoms with E-state index in [4.69, 9.17) is 37.4 Å². The second-order valence-corrected chi connectivity index (χ2v) is 15.1. The smallest absolute Gasteiger partial charge is 0.264 e. The summed E-state index contributed by atoms with van der Waals surface area (Å²) < 4.78 is 16.5. The number of fused-ring (bicyclic) bond motifs is 1. The maximum Gasteiger partial charge on any atom is 0.264 e. The molecule has 2 atom stereocenters. The molecule has 0 bridgehead atoms. The van der Waals surface area contributed by atoms with E-state index in [0.717, 1.165) is 10.5 Å². The van der Waals surface area contributed by atoms with Crippen molar-refractivity contribution in [3.8, 4) is 5.75 Å². The molecule has 2 aliphatic heterocycles. The van der Waals surface area contributed by atoms with E-state index in [9.17, 15) is 33.6 Å². The van der Waals surface area contributed by atoms with E-state index in [-0.39, 0.29) is 67.7 Å². The third-order valence-electron chi connectivity index (χ3n) is 10.2. The fourth-order valence-corrected chi connectivity index (χ4v) is 7.56. The van der Waals surface area contributed by atoms with Gasteiger partial charge in [0.1, 0.15) is 23.7 Å². The lowest BCUT2D eigenvalue weighted by atomic mass is 10.0. The number of anilines is 3. The summed E-state index contributed by atoms with van der Waals surface area (Å²) in [7, 11) is 1.47. The van der Waals surface area contributed by atoms with E-state index in [1.165, 1.54) is 24.1 Å². The zero-order valence-corrected chi connectivity index (χ0v) is 35.8. The number of hydrogen-bond donors (Lipinski definition) is 4. The number of hydrogen-bond acceptors (Lipinski definition) is 11. The maximum atomic E-state index is 13.9. The van der Waals surface area contributed by atoms with Crippen LogP contribution < -0.4 is 30.9 Å². The first-order valence-corrected chi connectivity index (χ1v) is 21.1.